The normalized spacial score (nSPS) is 11.7. The van der Waals surface area contributed by atoms with Crippen LogP contribution in [0, 0.1) is 20.8 Å². The number of para-hydroxylation sites is 1. The summed E-state index contributed by atoms with van der Waals surface area (Å²) in [6.45, 7) is 13.8. The van der Waals surface area contributed by atoms with Gasteiger partial charge in [-0.15, -0.1) is 0 Å². The number of anilines is 1. The highest BCUT2D eigenvalue weighted by Gasteiger charge is 2.23. The van der Waals surface area contributed by atoms with Crippen LogP contribution in [0.1, 0.15) is 72.9 Å². The topological polar surface area (TPSA) is 112 Å². The third-order valence-corrected chi connectivity index (χ3v) is 6.32. The molecule has 190 valence electrons. The molecule has 9 nitrogen and oxygen atoms in total. The maximum Gasteiger partial charge on any atom is 0.260 e. The molecule has 4 heterocycles. The Hall–Kier alpha value is -4.27. The minimum Gasteiger partial charge on any atom is -0.466 e. The van der Waals surface area contributed by atoms with Crippen LogP contribution in [0.5, 0.6) is 0 Å². The number of carbonyl (C=O) groups excluding carboxylic acids is 1. The van der Waals surface area contributed by atoms with Gasteiger partial charge in [0.2, 0.25) is 0 Å². The van der Waals surface area contributed by atoms with E-state index >= 15 is 0 Å². The second-order valence-electron chi connectivity index (χ2n) is 9.87. The monoisotopic (exact) mass is 498 g/mol. The van der Waals surface area contributed by atoms with Crippen LogP contribution >= 0.6 is 0 Å². The minimum atomic E-state index is -0.283. The minimum absolute atomic E-state index is 0.0685. The first-order chi connectivity index (χ1) is 17.6. The number of pyridine rings is 1. The molecule has 1 aromatic carbocycles. The summed E-state index contributed by atoms with van der Waals surface area (Å²) in [5.41, 5.74) is 4.75. The third-order valence-electron chi connectivity index (χ3n) is 6.32. The summed E-state index contributed by atoms with van der Waals surface area (Å²) in [6, 6.07) is 9.49. The Morgan fingerprint density at radius 3 is 2.46 bits per heavy atom. The highest BCUT2D eigenvalue weighted by molar-refractivity contribution is 6.14. The van der Waals surface area contributed by atoms with Gasteiger partial charge in [0.25, 0.3) is 11.8 Å². The molecule has 0 fully saturated rings. The maximum atomic E-state index is 13.9. The Bertz CT molecular complexity index is 1620. The molecule has 0 spiro atoms. The molecule has 0 aliphatic heterocycles. The zero-order valence-corrected chi connectivity index (χ0v) is 22.1. The van der Waals surface area contributed by atoms with Gasteiger partial charge in [0.05, 0.1) is 34.1 Å². The van der Waals surface area contributed by atoms with Crippen LogP contribution in [0.3, 0.4) is 0 Å². The van der Waals surface area contributed by atoms with Crippen molar-refractivity contribution in [1.82, 2.24) is 24.9 Å². The van der Waals surface area contributed by atoms with Crippen LogP contribution in [0.4, 0.5) is 5.69 Å². The Morgan fingerprint density at radius 1 is 1.03 bits per heavy atom. The Balaban J connectivity index is 1.63. The van der Waals surface area contributed by atoms with E-state index in [0.717, 1.165) is 22.6 Å². The van der Waals surface area contributed by atoms with Crippen LogP contribution in [0.25, 0.3) is 33.7 Å². The molecular formula is C28H30N6O3. The number of aryl methyl sites for hydroxylation is 3. The Morgan fingerprint density at radius 2 is 1.81 bits per heavy atom. The second kappa shape index (κ2) is 9.31. The number of amides is 1. The first-order valence-electron chi connectivity index (χ1n) is 12.3. The fraction of sp³-hybridized carbons (Fsp3) is 0.321. The van der Waals surface area contributed by atoms with Crippen molar-refractivity contribution in [3.63, 3.8) is 0 Å². The molecule has 9 heteroatoms. The van der Waals surface area contributed by atoms with E-state index in [1.807, 2.05) is 77.4 Å². The molecule has 0 aliphatic rings. The molecule has 0 radical (unpaired) electrons. The lowest BCUT2D eigenvalue weighted by Crippen LogP contribution is -2.15. The number of carbonyl (C=O) groups is 1. The molecule has 0 aliphatic carbocycles. The molecule has 1 N–H and O–H groups in total. The van der Waals surface area contributed by atoms with Gasteiger partial charge < -0.3 is 14.3 Å². The zero-order chi connectivity index (χ0) is 26.4. The Labute approximate surface area is 214 Å². The molecule has 5 rings (SSSR count). The Kier molecular flexibility index (Phi) is 6.15. The average molecular weight is 499 g/mol. The molecule has 0 saturated carbocycles. The number of furan rings is 1. The zero-order valence-electron chi connectivity index (χ0n) is 22.1. The van der Waals surface area contributed by atoms with Crippen molar-refractivity contribution >= 4 is 22.6 Å². The highest BCUT2D eigenvalue weighted by Crippen LogP contribution is 2.33. The average Bonchev–Trinajstić information content (AvgIpc) is 3.57. The number of aromatic nitrogens is 5. The molecule has 0 atom stereocenters. The predicted octanol–water partition coefficient (Wildman–Crippen LogP) is 6.62. The lowest BCUT2D eigenvalue weighted by Gasteiger charge is -2.14. The molecule has 1 amide bonds. The van der Waals surface area contributed by atoms with Gasteiger partial charge in [0, 0.05) is 17.5 Å². The van der Waals surface area contributed by atoms with Crippen molar-refractivity contribution < 1.29 is 13.7 Å². The summed E-state index contributed by atoms with van der Waals surface area (Å²) in [4.78, 5) is 23.3. The smallest absolute Gasteiger partial charge is 0.260 e. The van der Waals surface area contributed by atoms with Crippen LogP contribution in [-0.4, -0.2) is 30.8 Å². The number of rotatable bonds is 6. The fourth-order valence-corrected chi connectivity index (χ4v) is 4.38. The van der Waals surface area contributed by atoms with E-state index in [2.05, 4.69) is 20.6 Å². The third kappa shape index (κ3) is 4.41. The van der Waals surface area contributed by atoms with Gasteiger partial charge in [-0.2, -0.15) is 10.1 Å². The number of benzene rings is 1. The van der Waals surface area contributed by atoms with Gasteiger partial charge in [0.1, 0.15) is 11.5 Å². The standard InChI is InChI=1S/C28H30N6O3/c1-14(2)25-32-28(37-33-25)19-10-8-9-16(5)24(19)31-27(35)21-12-23(20-11-17(6)36-18(20)7)30-26-22(21)13-29-34(26)15(3)4/h8-15H,1-7H3,(H,31,35). The quantitative estimate of drug-likeness (QED) is 0.280. The molecular weight excluding hydrogens is 468 g/mol. The number of fused-ring (bicyclic) bond motifs is 1. The second-order valence-corrected chi connectivity index (χ2v) is 9.87. The van der Waals surface area contributed by atoms with E-state index < -0.39 is 0 Å². The molecule has 4 aromatic heterocycles. The maximum absolute atomic E-state index is 13.9. The first kappa shape index (κ1) is 24.4. The SMILES string of the molecule is Cc1cc(-c2cc(C(=O)Nc3c(C)cccc3-c3nc(C(C)C)no3)c3cnn(C(C)C)c3n2)c(C)o1. The van der Waals surface area contributed by atoms with Crippen molar-refractivity contribution in [2.75, 3.05) is 5.32 Å². The molecule has 0 unspecified atom stereocenters. The predicted molar refractivity (Wildman–Crippen MR) is 142 cm³/mol. The molecule has 5 aromatic rings. The lowest BCUT2D eigenvalue weighted by atomic mass is 10.0. The van der Waals surface area contributed by atoms with Crippen molar-refractivity contribution in [2.45, 2.75) is 60.4 Å². The summed E-state index contributed by atoms with van der Waals surface area (Å²) in [5.74, 6) is 2.33. The summed E-state index contributed by atoms with van der Waals surface area (Å²) in [5, 5.41) is 12.4. The number of hydrogen-bond donors (Lipinski definition) is 1. The van der Waals surface area contributed by atoms with E-state index in [1.54, 1.807) is 12.3 Å². The molecule has 0 bridgehead atoms. The van der Waals surface area contributed by atoms with Gasteiger partial charge in [-0.05, 0) is 58.4 Å². The van der Waals surface area contributed by atoms with Crippen molar-refractivity contribution in [2.24, 2.45) is 0 Å². The van der Waals surface area contributed by atoms with Crippen molar-refractivity contribution in [1.29, 1.82) is 0 Å². The lowest BCUT2D eigenvalue weighted by molar-refractivity contribution is 0.102. The number of nitrogens with zero attached hydrogens (tertiary/aromatic N) is 5. The van der Waals surface area contributed by atoms with E-state index in [-0.39, 0.29) is 17.9 Å². The van der Waals surface area contributed by atoms with Crippen molar-refractivity contribution in [3.8, 4) is 22.7 Å². The number of nitrogens with one attached hydrogen (secondary N) is 1. The van der Waals surface area contributed by atoms with Gasteiger partial charge in [-0.3, -0.25) is 4.79 Å². The van der Waals surface area contributed by atoms with Gasteiger partial charge in [-0.1, -0.05) is 31.1 Å². The summed E-state index contributed by atoms with van der Waals surface area (Å²) in [6.07, 6.45) is 1.69. The largest absolute Gasteiger partial charge is 0.466 e. The van der Waals surface area contributed by atoms with E-state index in [4.69, 9.17) is 13.9 Å². The summed E-state index contributed by atoms with van der Waals surface area (Å²) in [7, 11) is 0. The van der Waals surface area contributed by atoms with E-state index in [9.17, 15) is 4.79 Å². The first-order valence-corrected chi connectivity index (χ1v) is 12.3. The highest BCUT2D eigenvalue weighted by atomic mass is 16.5. The van der Waals surface area contributed by atoms with E-state index in [0.29, 0.717) is 45.3 Å². The summed E-state index contributed by atoms with van der Waals surface area (Å²) < 4.78 is 13.1. The fourth-order valence-electron chi connectivity index (χ4n) is 4.38. The van der Waals surface area contributed by atoms with Crippen LogP contribution in [-0.2, 0) is 0 Å². The molecule has 0 saturated heterocycles. The summed E-state index contributed by atoms with van der Waals surface area (Å²) >= 11 is 0. The van der Waals surface area contributed by atoms with Crippen molar-refractivity contribution in [3.05, 3.63) is 65.0 Å². The van der Waals surface area contributed by atoms with Crippen LogP contribution in [0.15, 0.2) is 45.5 Å². The van der Waals surface area contributed by atoms with Gasteiger partial charge in [-0.25, -0.2) is 9.67 Å². The van der Waals surface area contributed by atoms with E-state index in [1.165, 1.54) is 0 Å². The van der Waals surface area contributed by atoms with Crippen LogP contribution < -0.4 is 5.32 Å². The van der Waals surface area contributed by atoms with Gasteiger partial charge in [0.15, 0.2) is 11.5 Å². The molecule has 37 heavy (non-hydrogen) atoms. The van der Waals surface area contributed by atoms with Gasteiger partial charge >= 0.3 is 0 Å². The van der Waals surface area contributed by atoms with Crippen LogP contribution in [0.2, 0.25) is 0 Å². The number of hydrogen-bond acceptors (Lipinski definition) is 7.